The van der Waals surface area contributed by atoms with Gasteiger partial charge >= 0.3 is 0 Å². The zero-order valence-electron chi connectivity index (χ0n) is 13.8. The van der Waals surface area contributed by atoms with Gasteiger partial charge in [-0.1, -0.05) is 6.08 Å². The van der Waals surface area contributed by atoms with Crippen LogP contribution in [-0.2, 0) is 4.79 Å². The van der Waals surface area contributed by atoms with Gasteiger partial charge in [0.1, 0.15) is 0 Å². The van der Waals surface area contributed by atoms with Gasteiger partial charge in [-0.2, -0.15) is 0 Å². The molecule has 6 nitrogen and oxygen atoms in total. The number of carbonyl (C=O) groups is 2. The quantitative estimate of drug-likeness (QED) is 0.779. The Labute approximate surface area is 136 Å². The van der Waals surface area contributed by atoms with E-state index >= 15 is 0 Å². The van der Waals surface area contributed by atoms with E-state index in [4.69, 9.17) is 4.42 Å². The van der Waals surface area contributed by atoms with E-state index in [0.717, 1.165) is 31.5 Å². The summed E-state index contributed by atoms with van der Waals surface area (Å²) < 4.78 is 5.21. The summed E-state index contributed by atoms with van der Waals surface area (Å²) in [6.07, 6.45) is 4.84. The molecule has 0 bridgehead atoms. The minimum atomic E-state index is -0.168. The summed E-state index contributed by atoms with van der Waals surface area (Å²) in [6, 6.07) is 1.73. The molecule has 1 aromatic heterocycles. The maximum absolute atomic E-state index is 12.1. The fourth-order valence-corrected chi connectivity index (χ4v) is 2.77. The SMILES string of the molecule is C=CCNC(=O)[C@H](C)N1CCC(NC(=O)c2occc2C)CC1. The summed E-state index contributed by atoms with van der Waals surface area (Å²) >= 11 is 0. The Morgan fingerprint density at radius 2 is 2.17 bits per heavy atom. The third-order valence-corrected chi connectivity index (χ3v) is 4.28. The molecule has 0 spiro atoms. The summed E-state index contributed by atoms with van der Waals surface area (Å²) in [5.41, 5.74) is 0.840. The minimum absolute atomic E-state index is 0.0126. The van der Waals surface area contributed by atoms with E-state index in [2.05, 4.69) is 22.1 Å². The van der Waals surface area contributed by atoms with Crippen LogP contribution in [0.15, 0.2) is 29.4 Å². The molecule has 0 unspecified atom stereocenters. The number of carbonyl (C=O) groups excluding carboxylic acids is 2. The minimum Gasteiger partial charge on any atom is -0.459 e. The number of furan rings is 1. The maximum Gasteiger partial charge on any atom is 0.287 e. The largest absolute Gasteiger partial charge is 0.459 e. The molecule has 1 aliphatic heterocycles. The Hall–Kier alpha value is -2.08. The Morgan fingerprint density at radius 3 is 2.74 bits per heavy atom. The van der Waals surface area contributed by atoms with Crippen molar-refractivity contribution < 1.29 is 14.0 Å². The van der Waals surface area contributed by atoms with Gasteiger partial charge in [-0.3, -0.25) is 14.5 Å². The molecule has 2 N–H and O–H groups in total. The Kier molecular flexibility index (Phi) is 5.98. The number of hydrogen-bond acceptors (Lipinski definition) is 4. The highest BCUT2D eigenvalue weighted by Crippen LogP contribution is 2.15. The van der Waals surface area contributed by atoms with Crippen molar-refractivity contribution in [2.45, 2.75) is 38.8 Å². The lowest BCUT2D eigenvalue weighted by Crippen LogP contribution is -2.51. The van der Waals surface area contributed by atoms with Gasteiger partial charge in [0.2, 0.25) is 5.91 Å². The molecular weight excluding hydrogens is 294 g/mol. The van der Waals surface area contributed by atoms with Crippen LogP contribution in [0.3, 0.4) is 0 Å². The first-order chi connectivity index (χ1) is 11.0. The van der Waals surface area contributed by atoms with Crippen LogP contribution in [0.25, 0.3) is 0 Å². The van der Waals surface area contributed by atoms with Crippen molar-refractivity contribution in [2.75, 3.05) is 19.6 Å². The van der Waals surface area contributed by atoms with Gasteiger partial charge in [0.25, 0.3) is 5.91 Å². The van der Waals surface area contributed by atoms with Gasteiger partial charge in [-0.15, -0.1) is 6.58 Å². The highest BCUT2D eigenvalue weighted by molar-refractivity contribution is 5.93. The maximum atomic E-state index is 12.1. The van der Waals surface area contributed by atoms with E-state index in [1.165, 1.54) is 6.26 Å². The van der Waals surface area contributed by atoms with Gasteiger partial charge in [-0.05, 0) is 32.8 Å². The average Bonchev–Trinajstić information content (AvgIpc) is 2.98. The fourth-order valence-electron chi connectivity index (χ4n) is 2.77. The smallest absolute Gasteiger partial charge is 0.287 e. The van der Waals surface area contributed by atoms with Crippen LogP contribution in [0.5, 0.6) is 0 Å². The Bertz CT molecular complexity index is 559. The molecule has 1 fully saturated rings. The first-order valence-corrected chi connectivity index (χ1v) is 8.00. The van der Waals surface area contributed by atoms with Crippen molar-refractivity contribution in [3.05, 3.63) is 36.3 Å². The number of rotatable bonds is 6. The van der Waals surface area contributed by atoms with Crippen LogP contribution in [0.1, 0.15) is 35.9 Å². The lowest BCUT2D eigenvalue weighted by atomic mass is 10.0. The normalized spacial score (nSPS) is 17.5. The average molecular weight is 319 g/mol. The molecule has 1 saturated heterocycles. The molecule has 1 atom stereocenters. The van der Waals surface area contributed by atoms with Crippen molar-refractivity contribution in [1.82, 2.24) is 15.5 Å². The summed E-state index contributed by atoms with van der Waals surface area (Å²) in [5, 5.41) is 5.83. The van der Waals surface area contributed by atoms with Crippen LogP contribution in [-0.4, -0.2) is 48.4 Å². The first kappa shape index (κ1) is 17.3. The second kappa shape index (κ2) is 7.97. The zero-order valence-corrected chi connectivity index (χ0v) is 13.8. The van der Waals surface area contributed by atoms with Crippen molar-refractivity contribution in [1.29, 1.82) is 0 Å². The molecule has 23 heavy (non-hydrogen) atoms. The monoisotopic (exact) mass is 319 g/mol. The lowest BCUT2D eigenvalue weighted by Gasteiger charge is -2.35. The first-order valence-electron chi connectivity index (χ1n) is 8.00. The van der Waals surface area contributed by atoms with Crippen LogP contribution in [0.2, 0.25) is 0 Å². The number of nitrogens with zero attached hydrogens (tertiary/aromatic N) is 1. The number of likely N-dealkylation sites (tertiary alicyclic amines) is 1. The number of hydrogen-bond donors (Lipinski definition) is 2. The molecule has 0 aliphatic carbocycles. The Balaban J connectivity index is 1.79. The van der Waals surface area contributed by atoms with Crippen LogP contribution < -0.4 is 10.6 Å². The number of aryl methyl sites for hydroxylation is 1. The number of nitrogens with one attached hydrogen (secondary N) is 2. The van der Waals surface area contributed by atoms with Crippen LogP contribution in [0.4, 0.5) is 0 Å². The lowest BCUT2D eigenvalue weighted by molar-refractivity contribution is -0.126. The van der Waals surface area contributed by atoms with Crippen molar-refractivity contribution in [3.8, 4) is 0 Å². The van der Waals surface area contributed by atoms with Crippen LogP contribution >= 0.6 is 0 Å². The third kappa shape index (κ3) is 4.45. The van der Waals surface area contributed by atoms with Gasteiger partial charge in [0.05, 0.1) is 12.3 Å². The molecule has 1 aromatic rings. The van der Waals surface area contributed by atoms with E-state index in [-0.39, 0.29) is 23.9 Å². The zero-order chi connectivity index (χ0) is 16.8. The second-order valence-corrected chi connectivity index (χ2v) is 5.93. The number of amides is 2. The molecule has 0 aromatic carbocycles. The predicted molar refractivity (Wildman–Crippen MR) is 88.2 cm³/mol. The van der Waals surface area contributed by atoms with Gasteiger partial charge in [0, 0.05) is 31.2 Å². The van der Waals surface area contributed by atoms with Crippen molar-refractivity contribution in [3.63, 3.8) is 0 Å². The number of piperidine rings is 1. The molecule has 1 aliphatic rings. The fraction of sp³-hybridized carbons (Fsp3) is 0.529. The van der Waals surface area contributed by atoms with Gasteiger partial charge in [-0.25, -0.2) is 0 Å². The molecule has 6 heteroatoms. The highest BCUT2D eigenvalue weighted by atomic mass is 16.3. The molecule has 0 saturated carbocycles. The predicted octanol–water partition coefficient (Wildman–Crippen LogP) is 1.47. The summed E-state index contributed by atoms with van der Waals surface area (Å²) in [7, 11) is 0. The van der Waals surface area contributed by atoms with Gasteiger partial charge < -0.3 is 15.1 Å². The molecule has 2 amide bonds. The molecule has 0 radical (unpaired) electrons. The van der Waals surface area contributed by atoms with Gasteiger partial charge in [0.15, 0.2) is 5.76 Å². The third-order valence-electron chi connectivity index (χ3n) is 4.28. The van der Waals surface area contributed by atoms with Crippen LogP contribution in [0, 0.1) is 6.92 Å². The van der Waals surface area contributed by atoms with E-state index in [9.17, 15) is 9.59 Å². The van der Waals surface area contributed by atoms with Crippen molar-refractivity contribution in [2.24, 2.45) is 0 Å². The van der Waals surface area contributed by atoms with E-state index in [1.54, 1.807) is 12.1 Å². The topological polar surface area (TPSA) is 74.6 Å². The standard InChI is InChI=1S/C17H25N3O3/c1-4-8-18-16(21)13(3)20-9-5-14(6-10-20)19-17(22)15-12(2)7-11-23-15/h4,7,11,13-14H,1,5-6,8-10H2,2-3H3,(H,18,21)(H,19,22)/t13-/m0/s1. The highest BCUT2D eigenvalue weighted by Gasteiger charge is 2.27. The summed E-state index contributed by atoms with van der Waals surface area (Å²) in [4.78, 5) is 26.3. The van der Waals surface area contributed by atoms with E-state index in [1.807, 2.05) is 13.8 Å². The molecule has 2 heterocycles. The molecule has 126 valence electrons. The summed E-state index contributed by atoms with van der Waals surface area (Å²) in [6.45, 7) is 9.40. The second-order valence-electron chi connectivity index (χ2n) is 5.93. The van der Waals surface area contributed by atoms with E-state index < -0.39 is 0 Å². The molecule has 2 rings (SSSR count). The Morgan fingerprint density at radius 1 is 1.48 bits per heavy atom. The van der Waals surface area contributed by atoms with Crippen molar-refractivity contribution >= 4 is 11.8 Å². The van der Waals surface area contributed by atoms with E-state index in [0.29, 0.717) is 12.3 Å². The molecular formula is C17H25N3O3. The summed E-state index contributed by atoms with van der Waals surface area (Å²) in [5.74, 6) is 0.228.